The number of aryl methyl sites for hydroxylation is 1. The lowest BCUT2D eigenvalue weighted by Gasteiger charge is -2.05. The van der Waals surface area contributed by atoms with E-state index in [4.69, 9.17) is 4.74 Å². The van der Waals surface area contributed by atoms with Gasteiger partial charge in [0.2, 0.25) is 0 Å². The number of nitrogens with zero attached hydrogens (tertiary/aromatic N) is 3. The first-order valence-corrected chi connectivity index (χ1v) is 10.2. The number of benzene rings is 2. The molecule has 1 heterocycles. The van der Waals surface area contributed by atoms with Crippen LogP contribution in [0.5, 0.6) is 5.75 Å². The third-order valence-corrected chi connectivity index (χ3v) is 5.14. The number of para-hydroxylation sites is 2. The molecule has 3 aromatic rings. The maximum absolute atomic E-state index is 12.1. The van der Waals surface area contributed by atoms with Gasteiger partial charge in [0.05, 0.1) is 29.6 Å². The van der Waals surface area contributed by atoms with E-state index in [1.54, 1.807) is 6.21 Å². The fraction of sp³-hybridized carbons (Fsp3) is 0.286. The van der Waals surface area contributed by atoms with Gasteiger partial charge in [0.1, 0.15) is 5.75 Å². The molecule has 0 spiro atoms. The van der Waals surface area contributed by atoms with E-state index in [1.165, 1.54) is 11.8 Å². The maximum Gasteiger partial charge on any atom is 0.250 e. The van der Waals surface area contributed by atoms with Gasteiger partial charge in [-0.25, -0.2) is 10.4 Å². The van der Waals surface area contributed by atoms with Crippen LogP contribution in [0.2, 0.25) is 0 Å². The summed E-state index contributed by atoms with van der Waals surface area (Å²) in [5.41, 5.74) is 5.40. The average molecular weight is 397 g/mol. The number of carbonyl (C=O) groups excluding carboxylic acids is 1. The van der Waals surface area contributed by atoms with Crippen molar-refractivity contribution < 1.29 is 9.53 Å². The Balaban J connectivity index is 1.50. The second-order valence-electron chi connectivity index (χ2n) is 6.30. The molecule has 0 bridgehead atoms. The van der Waals surface area contributed by atoms with Crippen molar-refractivity contribution in [2.75, 3.05) is 12.4 Å². The van der Waals surface area contributed by atoms with E-state index < -0.39 is 0 Å². The van der Waals surface area contributed by atoms with Gasteiger partial charge in [-0.2, -0.15) is 5.10 Å². The number of fused-ring (bicyclic) bond motifs is 1. The Morgan fingerprint density at radius 3 is 2.96 bits per heavy atom. The fourth-order valence-corrected chi connectivity index (χ4v) is 3.39. The van der Waals surface area contributed by atoms with Crippen LogP contribution in [0.25, 0.3) is 11.0 Å². The summed E-state index contributed by atoms with van der Waals surface area (Å²) >= 11 is 1.39. The van der Waals surface area contributed by atoms with E-state index in [9.17, 15) is 4.79 Å². The molecular formula is C21H24N4O2S. The molecule has 0 saturated carbocycles. The van der Waals surface area contributed by atoms with E-state index in [0.717, 1.165) is 40.3 Å². The minimum Gasteiger partial charge on any atom is -0.494 e. The van der Waals surface area contributed by atoms with Gasteiger partial charge in [-0.3, -0.25) is 4.79 Å². The molecule has 6 nitrogen and oxygen atoms in total. The highest BCUT2D eigenvalue weighted by atomic mass is 32.2. The van der Waals surface area contributed by atoms with Crippen LogP contribution in [0.3, 0.4) is 0 Å². The van der Waals surface area contributed by atoms with Crippen LogP contribution < -0.4 is 10.2 Å². The first-order chi connectivity index (χ1) is 13.7. The van der Waals surface area contributed by atoms with Gasteiger partial charge in [0.15, 0.2) is 5.16 Å². The summed E-state index contributed by atoms with van der Waals surface area (Å²) in [7, 11) is 1.95. The van der Waals surface area contributed by atoms with E-state index in [2.05, 4.69) is 22.4 Å². The van der Waals surface area contributed by atoms with Gasteiger partial charge in [-0.1, -0.05) is 49.4 Å². The lowest BCUT2D eigenvalue weighted by Crippen LogP contribution is -2.19. The second-order valence-corrected chi connectivity index (χ2v) is 7.24. The Kier molecular flexibility index (Phi) is 7.08. The summed E-state index contributed by atoms with van der Waals surface area (Å²) in [5, 5.41) is 4.84. The third kappa shape index (κ3) is 5.36. The molecule has 3 rings (SSSR count). The van der Waals surface area contributed by atoms with Crippen molar-refractivity contribution in [2.45, 2.75) is 24.9 Å². The zero-order chi connectivity index (χ0) is 19.8. The zero-order valence-corrected chi connectivity index (χ0v) is 16.9. The summed E-state index contributed by atoms with van der Waals surface area (Å²) in [6.07, 6.45) is 3.74. The van der Waals surface area contributed by atoms with Crippen molar-refractivity contribution >= 4 is 34.9 Å². The molecule has 146 valence electrons. The number of hydrogen-bond acceptors (Lipinski definition) is 5. The summed E-state index contributed by atoms with van der Waals surface area (Å²) in [5.74, 6) is 0.874. The summed E-state index contributed by atoms with van der Waals surface area (Å²) < 4.78 is 7.66. The predicted molar refractivity (Wildman–Crippen MR) is 114 cm³/mol. The Morgan fingerprint density at radius 1 is 1.29 bits per heavy atom. The molecule has 1 N–H and O–H groups in total. The summed E-state index contributed by atoms with van der Waals surface area (Å²) in [6, 6.07) is 15.5. The van der Waals surface area contributed by atoms with Crippen molar-refractivity contribution in [1.82, 2.24) is 15.0 Å². The Bertz CT molecular complexity index is 968. The SMILES string of the molecule is CCCCOc1cccc(/C=N\NC(=O)CSc2nc3ccccc3n2C)c1. The first-order valence-electron chi connectivity index (χ1n) is 9.26. The summed E-state index contributed by atoms with van der Waals surface area (Å²) in [4.78, 5) is 16.6. The van der Waals surface area contributed by atoms with Crippen LogP contribution in [-0.4, -0.2) is 34.0 Å². The van der Waals surface area contributed by atoms with Gasteiger partial charge in [-0.15, -0.1) is 0 Å². The van der Waals surface area contributed by atoms with Crippen molar-refractivity contribution in [3.8, 4) is 5.75 Å². The topological polar surface area (TPSA) is 68.5 Å². The highest BCUT2D eigenvalue weighted by molar-refractivity contribution is 7.99. The lowest BCUT2D eigenvalue weighted by molar-refractivity contribution is -0.118. The van der Waals surface area contributed by atoms with Gasteiger partial charge in [0.25, 0.3) is 5.91 Å². The Labute approximate surface area is 169 Å². The molecule has 0 fully saturated rings. The fourth-order valence-electron chi connectivity index (χ4n) is 2.61. The standard InChI is InChI=1S/C21H24N4O2S/c1-3-4-12-27-17-9-7-8-16(13-17)14-22-24-20(26)15-28-21-23-18-10-5-6-11-19(18)25(21)2/h5-11,13-14H,3-4,12,15H2,1-2H3,(H,24,26)/b22-14-. The number of ether oxygens (including phenoxy) is 1. The van der Waals surface area contributed by atoms with Gasteiger partial charge >= 0.3 is 0 Å². The lowest BCUT2D eigenvalue weighted by atomic mass is 10.2. The minimum atomic E-state index is -0.177. The Hall–Kier alpha value is -2.80. The number of carbonyl (C=O) groups is 1. The van der Waals surface area contributed by atoms with Crippen LogP contribution in [0.1, 0.15) is 25.3 Å². The smallest absolute Gasteiger partial charge is 0.250 e. The monoisotopic (exact) mass is 396 g/mol. The number of hydrogen-bond donors (Lipinski definition) is 1. The number of hydrazone groups is 1. The normalized spacial score (nSPS) is 11.2. The predicted octanol–water partition coefficient (Wildman–Crippen LogP) is 3.99. The molecule has 1 amide bonds. The van der Waals surface area contributed by atoms with E-state index >= 15 is 0 Å². The highest BCUT2D eigenvalue weighted by Gasteiger charge is 2.09. The van der Waals surface area contributed by atoms with Crippen molar-refractivity contribution in [3.63, 3.8) is 0 Å². The number of aromatic nitrogens is 2. The molecule has 1 aromatic heterocycles. The molecule has 7 heteroatoms. The van der Waals surface area contributed by atoms with E-state index in [0.29, 0.717) is 6.61 Å². The van der Waals surface area contributed by atoms with E-state index in [1.807, 2.05) is 60.1 Å². The molecule has 0 atom stereocenters. The Morgan fingerprint density at radius 2 is 2.14 bits per heavy atom. The van der Waals surface area contributed by atoms with Crippen LogP contribution in [0.15, 0.2) is 58.8 Å². The van der Waals surface area contributed by atoms with Crippen LogP contribution in [0.4, 0.5) is 0 Å². The molecule has 0 unspecified atom stereocenters. The summed E-state index contributed by atoms with van der Waals surface area (Å²) in [6.45, 7) is 2.83. The molecule has 0 radical (unpaired) electrons. The van der Waals surface area contributed by atoms with Crippen molar-refractivity contribution in [3.05, 3.63) is 54.1 Å². The molecular weight excluding hydrogens is 372 g/mol. The maximum atomic E-state index is 12.1. The number of thioether (sulfide) groups is 1. The van der Waals surface area contributed by atoms with Gasteiger partial charge in [0, 0.05) is 7.05 Å². The van der Waals surface area contributed by atoms with Gasteiger partial charge in [-0.05, 0) is 36.2 Å². The van der Waals surface area contributed by atoms with E-state index in [-0.39, 0.29) is 11.7 Å². The molecule has 28 heavy (non-hydrogen) atoms. The number of imidazole rings is 1. The molecule has 0 saturated heterocycles. The van der Waals surface area contributed by atoms with Crippen molar-refractivity contribution in [1.29, 1.82) is 0 Å². The second kappa shape index (κ2) is 9.94. The highest BCUT2D eigenvalue weighted by Crippen LogP contribution is 2.22. The third-order valence-electron chi connectivity index (χ3n) is 4.11. The van der Waals surface area contributed by atoms with Crippen LogP contribution >= 0.6 is 11.8 Å². The molecule has 0 aliphatic rings. The zero-order valence-electron chi connectivity index (χ0n) is 16.1. The molecule has 0 aliphatic carbocycles. The first kappa shape index (κ1) is 19.9. The number of unbranched alkanes of at least 4 members (excludes halogenated alkanes) is 1. The largest absolute Gasteiger partial charge is 0.494 e. The minimum absolute atomic E-state index is 0.177. The quantitative estimate of drug-likeness (QED) is 0.257. The average Bonchev–Trinajstić information content (AvgIpc) is 3.03. The van der Waals surface area contributed by atoms with Crippen LogP contribution in [0, 0.1) is 0 Å². The number of nitrogens with one attached hydrogen (secondary N) is 1. The molecule has 0 aliphatic heterocycles. The van der Waals surface area contributed by atoms with Gasteiger partial charge < -0.3 is 9.30 Å². The van der Waals surface area contributed by atoms with Crippen LogP contribution in [-0.2, 0) is 11.8 Å². The number of amides is 1. The van der Waals surface area contributed by atoms with Crippen molar-refractivity contribution in [2.24, 2.45) is 12.1 Å². The number of rotatable bonds is 9. The molecule has 2 aromatic carbocycles.